The van der Waals surface area contributed by atoms with Crippen LogP contribution in [0.3, 0.4) is 0 Å². The zero-order chi connectivity index (χ0) is 18.1. The molecule has 6 heteroatoms. The zero-order valence-electron chi connectivity index (χ0n) is 14.5. The van der Waals surface area contributed by atoms with E-state index >= 15 is 0 Å². The number of aromatic nitrogens is 1. The summed E-state index contributed by atoms with van der Waals surface area (Å²) in [5.74, 6) is 1.61. The Morgan fingerprint density at radius 1 is 1.00 bits per heavy atom. The Hall–Kier alpha value is -2.86. The third kappa shape index (κ3) is 2.93. The smallest absolute Gasteiger partial charge is 0.225 e. The Morgan fingerprint density at radius 3 is 2.23 bits per heavy atom. The van der Waals surface area contributed by atoms with E-state index in [1.807, 2.05) is 48.5 Å². The number of anilines is 1. The van der Waals surface area contributed by atoms with Crippen LogP contribution in [0.4, 0.5) is 5.69 Å². The summed E-state index contributed by atoms with van der Waals surface area (Å²) in [5, 5.41) is 3.01. The second-order valence-corrected chi connectivity index (χ2v) is 6.88. The van der Waals surface area contributed by atoms with Crippen LogP contribution in [0.15, 0.2) is 48.5 Å². The fraction of sp³-hybridized carbons (Fsp3) is 0.200. The van der Waals surface area contributed by atoms with Crippen LogP contribution in [0.5, 0.6) is 11.5 Å². The standard InChI is InChI=1S/C20H18N2O3S/c1-24-14-7-3-12(4-8-14)16-11-17(23)21-19-18(22-26-20(16)19)13-5-9-15(25-2)10-6-13/h3-10,16H,11H2,1-2H3,(H,21,23). The lowest BCUT2D eigenvalue weighted by atomic mass is 9.89. The molecular formula is C20H18N2O3S. The highest BCUT2D eigenvalue weighted by Crippen LogP contribution is 2.45. The van der Waals surface area contributed by atoms with Crippen LogP contribution in [-0.2, 0) is 4.79 Å². The number of carbonyl (C=O) groups excluding carboxylic acids is 1. The molecule has 1 aliphatic rings. The Bertz CT molecular complexity index is 933. The maximum atomic E-state index is 12.3. The summed E-state index contributed by atoms with van der Waals surface area (Å²) in [6.45, 7) is 0. The molecule has 3 aromatic rings. The number of amides is 1. The van der Waals surface area contributed by atoms with Crippen LogP contribution < -0.4 is 14.8 Å². The molecule has 0 spiro atoms. The summed E-state index contributed by atoms with van der Waals surface area (Å²) >= 11 is 1.44. The first-order valence-electron chi connectivity index (χ1n) is 8.27. The Morgan fingerprint density at radius 2 is 1.62 bits per heavy atom. The van der Waals surface area contributed by atoms with Gasteiger partial charge in [-0.1, -0.05) is 12.1 Å². The average Bonchev–Trinajstić information content (AvgIpc) is 3.11. The summed E-state index contributed by atoms with van der Waals surface area (Å²) in [4.78, 5) is 13.4. The van der Waals surface area contributed by atoms with Gasteiger partial charge in [-0.2, -0.15) is 4.37 Å². The lowest BCUT2D eigenvalue weighted by molar-refractivity contribution is -0.116. The van der Waals surface area contributed by atoms with Gasteiger partial charge in [-0.15, -0.1) is 0 Å². The first-order valence-corrected chi connectivity index (χ1v) is 9.04. The van der Waals surface area contributed by atoms with Gasteiger partial charge in [-0.3, -0.25) is 4.79 Å². The Balaban J connectivity index is 1.74. The molecule has 4 rings (SSSR count). The minimum atomic E-state index is 0.00767. The molecule has 2 heterocycles. The topological polar surface area (TPSA) is 60.5 Å². The largest absolute Gasteiger partial charge is 0.497 e. The van der Waals surface area contributed by atoms with Crippen molar-refractivity contribution < 1.29 is 14.3 Å². The van der Waals surface area contributed by atoms with E-state index in [4.69, 9.17) is 9.47 Å². The molecule has 1 atom stereocenters. The molecule has 1 amide bonds. The van der Waals surface area contributed by atoms with Gasteiger partial charge >= 0.3 is 0 Å². The van der Waals surface area contributed by atoms with Crippen molar-refractivity contribution in [3.63, 3.8) is 0 Å². The van der Waals surface area contributed by atoms with Crippen molar-refractivity contribution in [2.24, 2.45) is 0 Å². The van der Waals surface area contributed by atoms with E-state index in [9.17, 15) is 4.79 Å². The van der Waals surface area contributed by atoms with Gasteiger partial charge in [0.2, 0.25) is 5.91 Å². The van der Waals surface area contributed by atoms with Crippen LogP contribution >= 0.6 is 11.5 Å². The van der Waals surface area contributed by atoms with Crippen LogP contribution in [0.2, 0.25) is 0 Å². The van der Waals surface area contributed by atoms with Crippen molar-refractivity contribution in [2.45, 2.75) is 12.3 Å². The molecule has 26 heavy (non-hydrogen) atoms. The molecule has 0 saturated carbocycles. The van der Waals surface area contributed by atoms with Crippen molar-refractivity contribution in [3.05, 3.63) is 59.0 Å². The highest BCUT2D eigenvalue weighted by molar-refractivity contribution is 7.07. The maximum Gasteiger partial charge on any atom is 0.225 e. The fourth-order valence-corrected chi connectivity index (χ4v) is 4.15. The van der Waals surface area contributed by atoms with Crippen molar-refractivity contribution >= 4 is 23.1 Å². The fourth-order valence-electron chi connectivity index (χ4n) is 3.18. The molecule has 0 bridgehead atoms. The zero-order valence-corrected chi connectivity index (χ0v) is 15.3. The molecule has 0 radical (unpaired) electrons. The number of hydrogen-bond acceptors (Lipinski definition) is 5. The van der Waals surface area contributed by atoms with Crippen molar-refractivity contribution in [3.8, 4) is 22.8 Å². The molecule has 1 aromatic heterocycles. The summed E-state index contributed by atoms with van der Waals surface area (Å²) in [5.41, 5.74) is 3.67. The van der Waals surface area contributed by atoms with Gasteiger partial charge in [0.05, 0.1) is 24.8 Å². The number of ether oxygens (including phenoxy) is 2. The minimum Gasteiger partial charge on any atom is -0.497 e. The van der Waals surface area contributed by atoms with Gasteiger partial charge in [0.15, 0.2) is 0 Å². The van der Waals surface area contributed by atoms with Crippen LogP contribution in [-0.4, -0.2) is 24.5 Å². The van der Waals surface area contributed by atoms with Crippen LogP contribution in [0.25, 0.3) is 11.3 Å². The number of benzene rings is 2. The molecule has 2 aromatic carbocycles. The highest BCUT2D eigenvalue weighted by Gasteiger charge is 2.31. The van der Waals surface area contributed by atoms with E-state index in [2.05, 4.69) is 9.69 Å². The second kappa shape index (κ2) is 6.80. The number of fused-ring (bicyclic) bond motifs is 1. The van der Waals surface area contributed by atoms with E-state index < -0.39 is 0 Å². The molecule has 1 aliphatic heterocycles. The average molecular weight is 366 g/mol. The number of hydrogen-bond donors (Lipinski definition) is 1. The van der Waals surface area contributed by atoms with Gasteiger partial charge in [0.25, 0.3) is 0 Å². The lowest BCUT2D eigenvalue weighted by Gasteiger charge is -2.23. The highest BCUT2D eigenvalue weighted by atomic mass is 32.1. The third-order valence-corrected chi connectivity index (χ3v) is 5.53. The monoisotopic (exact) mass is 366 g/mol. The summed E-state index contributed by atoms with van der Waals surface area (Å²) in [6, 6.07) is 15.6. The summed E-state index contributed by atoms with van der Waals surface area (Å²) < 4.78 is 15.1. The molecule has 1 unspecified atom stereocenters. The number of nitrogens with one attached hydrogen (secondary N) is 1. The second-order valence-electron chi connectivity index (χ2n) is 6.08. The van der Waals surface area contributed by atoms with Gasteiger partial charge < -0.3 is 14.8 Å². The molecule has 1 N–H and O–H groups in total. The quantitative estimate of drug-likeness (QED) is 0.748. The predicted molar refractivity (Wildman–Crippen MR) is 102 cm³/mol. The van der Waals surface area contributed by atoms with Crippen LogP contribution in [0, 0.1) is 0 Å². The van der Waals surface area contributed by atoms with E-state index in [1.165, 1.54) is 11.5 Å². The van der Waals surface area contributed by atoms with Gasteiger partial charge in [-0.25, -0.2) is 0 Å². The van der Waals surface area contributed by atoms with Gasteiger partial charge in [-0.05, 0) is 53.5 Å². The number of methoxy groups -OCH3 is 2. The van der Waals surface area contributed by atoms with E-state index in [0.29, 0.717) is 6.42 Å². The molecular weight excluding hydrogens is 348 g/mol. The minimum absolute atomic E-state index is 0.00767. The van der Waals surface area contributed by atoms with Crippen molar-refractivity contribution in [2.75, 3.05) is 19.5 Å². The molecule has 0 saturated heterocycles. The molecule has 5 nitrogen and oxygen atoms in total. The summed E-state index contributed by atoms with van der Waals surface area (Å²) in [6.07, 6.45) is 0.420. The van der Waals surface area contributed by atoms with Crippen molar-refractivity contribution in [1.29, 1.82) is 0 Å². The number of nitrogens with zero attached hydrogens (tertiary/aromatic N) is 1. The number of carbonyl (C=O) groups is 1. The van der Waals surface area contributed by atoms with E-state index in [0.717, 1.165) is 38.9 Å². The van der Waals surface area contributed by atoms with Crippen molar-refractivity contribution in [1.82, 2.24) is 4.37 Å². The van der Waals surface area contributed by atoms with Crippen LogP contribution in [0.1, 0.15) is 22.8 Å². The SMILES string of the molecule is COc1ccc(-c2nsc3c2NC(=O)CC3c2ccc(OC)cc2)cc1. The maximum absolute atomic E-state index is 12.3. The normalized spacial score (nSPS) is 15.9. The Labute approximate surface area is 155 Å². The summed E-state index contributed by atoms with van der Waals surface area (Å²) in [7, 11) is 3.28. The lowest BCUT2D eigenvalue weighted by Crippen LogP contribution is -2.22. The predicted octanol–water partition coefficient (Wildman–Crippen LogP) is 4.30. The third-order valence-electron chi connectivity index (χ3n) is 4.57. The Kier molecular flexibility index (Phi) is 4.34. The molecule has 0 aliphatic carbocycles. The first kappa shape index (κ1) is 16.6. The van der Waals surface area contributed by atoms with Gasteiger partial charge in [0, 0.05) is 17.9 Å². The number of rotatable bonds is 4. The van der Waals surface area contributed by atoms with E-state index in [-0.39, 0.29) is 11.8 Å². The van der Waals surface area contributed by atoms with E-state index in [1.54, 1.807) is 14.2 Å². The van der Waals surface area contributed by atoms with Gasteiger partial charge in [0.1, 0.15) is 17.2 Å². The molecule has 0 fully saturated rings. The molecule has 132 valence electrons. The first-order chi connectivity index (χ1) is 12.7.